The first-order chi connectivity index (χ1) is 28.0. The highest BCUT2D eigenvalue weighted by Crippen LogP contribution is 2.38. The van der Waals surface area contributed by atoms with E-state index >= 15 is 0 Å². The zero-order chi connectivity index (χ0) is 42.8. The molecule has 0 aromatic heterocycles. The second-order valence-electron chi connectivity index (χ2n) is 15.7. The third kappa shape index (κ3) is 42.8. The number of nitrogens with zero attached hydrogens (tertiary/aromatic N) is 1. The van der Waals surface area contributed by atoms with Crippen molar-refractivity contribution in [3.8, 4) is 0 Å². The molecule has 0 aliphatic rings. The van der Waals surface area contributed by atoms with E-state index in [1.54, 1.807) is 0 Å². The molecule has 2 atom stereocenters. The smallest absolute Gasteiger partial charge is 0.306 e. The number of rotatable bonds is 39. The van der Waals surface area contributed by atoms with Crippen LogP contribution in [0.5, 0.6) is 0 Å². The van der Waals surface area contributed by atoms with Gasteiger partial charge < -0.3 is 27.9 Å². The van der Waals surface area contributed by atoms with Gasteiger partial charge in [-0.25, -0.2) is 0 Å². The lowest BCUT2D eigenvalue weighted by atomic mass is 10.1. The maximum absolute atomic E-state index is 12.7. The summed E-state index contributed by atoms with van der Waals surface area (Å²) in [5, 5.41) is 0. The Morgan fingerprint density at radius 2 is 0.983 bits per heavy atom. The van der Waals surface area contributed by atoms with E-state index in [2.05, 4.69) is 98.9 Å². The van der Waals surface area contributed by atoms with Gasteiger partial charge in [0.2, 0.25) is 0 Å². The number of phosphoric acid groups is 1. The summed E-state index contributed by atoms with van der Waals surface area (Å²) in [7, 11) is 1.11. The first-order valence-electron chi connectivity index (χ1n) is 22.3. The number of carbonyl (C=O) groups excluding carboxylic acids is 2. The number of likely N-dealkylation sites (N-methyl/N-ethyl adjacent to an activating group) is 1. The van der Waals surface area contributed by atoms with E-state index < -0.39 is 32.5 Å². The highest BCUT2D eigenvalue weighted by molar-refractivity contribution is 7.45. The molecule has 0 aromatic rings. The van der Waals surface area contributed by atoms with Crippen LogP contribution in [-0.4, -0.2) is 70.0 Å². The Morgan fingerprint density at radius 3 is 1.50 bits per heavy atom. The van der Waals surface area contributed by atoms with Gasteiger partial charge in [0.1, 0.15) is 19.8 Å². The fraction of sp³-hybridized carbons (Fsp3) is 0.667. The van der Waals surface area contributed by atoms with Crippen molar-refractivity contribution in [2.45, 2.75) is 161 Å². The van der Waals surface area contributed by atoms with Gasteiger partial charge >= 0.3 is 11.9 Å². The molecule has 0 amide bonds. The number of allylic oxidation sites excluding steroid dienone is 14. The molecule has 0 radical (unpaired) electrons. The van der Waals surface area contributed by atoms with E-state index in [0.29, 0.717) is 23.9 Å². The van der Waals surface area contributed by atoms with Gasteiger partial charge in [-0.3, -0.25) is 14.2 Å². The molecular formula is C48H82NO8P. The lowest BCUT2D eigenvalue weighted by Crippen LogP contribution is -2.37. The van der Waals surface area contributed by atoms with Gasteiger partial charge in [0.05, 0.1) is 27.7 Å². The second-order valence-corrected chi connectivity index (χ2v) is 17.1. The molecule has 0 heterocycles. The molecule has 2 unspecified atom stereocenters. The van der Waals surface area contributed by atoms with Crippen LogP contribution in [0.15, 0.2) is 85.1 Å². The first kappa shape index (κ1) is 55.2. The fourth-order valence-electron chi connectivity index (χ4n) is 5.41. The Bertz CT molecular complexity index is 1260. The van der Waals surface area contributed by atoms with Crippen molar-refractivity contribution in [2.24, 2.45) is 0 Å². The van der Waals surface area contributed by atoms with Crippen molar-refractivity contribution in [1.82, 2.24) is 0 Å². The summed E-state index contributed by atoms with van der Waals surface area (Å²) in [5.74, 6) is -0.907. The van der Waals surface area contributed by atoms with Crippen LogP contribution < -0.4 is 4.89 Å². The number of ether oxygens (including phenoxy) is 2. The molecule has 0 aliphatic heterocycles. The molecule has 0 bridgehead atoms. The Morgan fingerprint density at radius 1 is 0.552 bits per heavy atom. The largest absolute Gasteiger partial charge is 0.756 e. The molecule has 0 saturated carbocycles. The van der Waals surface area contributed by atoms with Crippen molar-refractivity contribution in [2.75, 3.05) is 47.5 Å². The molecule has 0 saturated heterocycles. The Balaban J connectivity index is 4.44. The van der Waals surface area contributed by atoms with Gasteiger partial charge in [0.25, 0.3) is 7.82 Å². The van der Waals surface area contributed by atoms with Crippen LogP contribution in [0.4, 0.5) is 0 Å². The number of unbranched alkanes of at least 4 members (excludes halogenated alkanes) is 11. The molecular weight excluding hydrogens is 750 g/mol. The summed E-state index contributed by atoms with van der Waals surface area (Å²) in [6.07, 6.45) is 50.4. The normalized spacial score (nSPS) is 14.4. The second kappa shape index (κ2) is 39.6. The molecule has 332 valence electrons. The van der Waals surface area contributed by atoms with Crippen LogP contribution in [0.1, 0.15) is 155 Å². The van der Waals surface area contributed by atoms with Crippen molar-refractivity contribution in [3.63, 3.8) is 0 Å². The molecule has 9 nitrogen and oxygen atoms in total. The SMILES string of the molecule is CC/C=C\C/C=C\C/C=C\C/C=C\CCCCC(=O)OC(COC(=O)CCCCCCCC/C=C\C/C=C\C/C=C\CCCCC)COP(=O)([O-])OCC[N+](C)(C)C. The topological polar surface area (TPSA) is 111 Å². The van der Waals surface area contributed by atoms with Crippen molar-refractivity contribution in [1.29, 1.82) is 0 Å². The van der Waals surface area contributed by atoms with Crippen LogP contribution >= 0.6 is 7.82 Å². The number of hydrogen-bond acceptors (Lipinski definition) is 8. The number of hydrogen-bond donors (Lipinski definition) is 0. The molecule has 0 aromatic carbocycles. The van der Waals surface area contributed by atoms with Gasteiger partial charge in [0, 0.05) is 12.8 Å². The highest BCUT2D eigenvalue weighted by atomic mass is 31.2. The lowest BCUT2D eigenvalue weighted by molar-refractivity contribution is -0.870. The summed E-state index contributed by atoms with van der Waals surface area (Å²) >= 11 is 0. The van der Waals surface area contributed by atoms with E-state index in [4.69, 9.17) is 18.5 Å². The van der Waals surface area contributed by atoms with Crippen LogP contribution in [0, 0.1) is 0 Å². The standard InChI is InChI=1S/C48H82NO8P/c1-6-8-10-12-14-16-18-20-22-23-24-25-27-28-30-32-34-36-38-40-47(50)54-44-46(45-56-58(52,53)55-43-42-49(3,4)5)57-48(51)41-39-37-35-33-31-29-26-21-19-17-15-13-11-9-7-2/h9,11,14-17,20-22,24-26,31,33,46H,6-8,10,12-13,18-19,23,27-30,32,34-45H2,1-5H3/b11-9-,16-14-,17-15-,22-20-,25-24-,26-21-,33-31-. The zero-order valence-electron chi connectivity index (χ0n) is 37.2. The van der Waals surface area contributed by atoms with E-state index in [1.165, 1.54) is 25.7 Å². The highest BCUT2D eigenvalue weighted by Gasteiger charge is 2.21. The third-order valence-corrected chi connectivity index (χ3v) is 9.86. The number of esters is 2. The molecule has 58 heavy (non-hydrogen) atoms. The number of phosphoric ester groups is 1. The van der Waals surface area contributed by atoms with Crippen LogP contribution in [0.25, 0.3) is 0 Å². The number of carbonyl (C=O) groups is 2. The molecule has 10 heteroatoms. The van der Waals surface area contributed by atoms with E-state index in [-0.39, 0.29) is 26.1 Å². The monoisotopic (exact) mass is 832 g/mol. The van der Waals surface area contributed by atoms with Crippen LogP contribution in [0.2, 0.25) is 0 Å². The molecule has 0 aliphatic carbocycles. The quantitative estimate of drug-likeness (QED) is 0.0198. The Kier molecular flexibility index (Phi) is 37.7. The minimum Gasteiger partial charge on any atom is -0.756 e. The summed E-state index contributed by atoms with van der Waals surface area (Å²) in [6, 6.07) is 0. The predicted molar refractivity (Wildman–Crippen MR) is 240 cm³/mol. The van der Waals surface area contributed by atoms with Crippen molar-refractivity contribution < 1.29 is 42.1 Å². The minimum atomic E-state index is -4.65. The van der Waals surface area contributed by atoms with Crippen LogP contribution in [-0.2, 0) is 32.7 Å². The molecule has 0 fully saturated rings. The average molecular weight is 832 g/mol. The molecule has 0 rings (SSSR count). The van der Waals surface area contributed by atoms with Gasteiger partial charge in [-0.1, -0.05) is 137 Å². The summed E-state index contributed by atoms with van der Waals surface area (Å²) < 4.78 is 33.8. The first-order valence-corrected chi connectivity index (χ1v) is 23.8. The maximum atomic E-state index is 12.7. The van der Waals surface area contributed by atoms with Gasteiger partial charge in [-0.2, -0.15) is 0 Å². The van der Waals surface area contributed by atoms with Crippen molar-refractivity contribution >= 4 is 19.8 Å². The maximum Gasteiger partial charge on any atom is 0.306 e. The minimum absolute atomic E-state index is 0.0460. The summed E-state index contributed by atoms with van der Waals surface area (Å²) in [6.45, 7) is 4.00. The summed E-state index contributed by atoms with van der Waals surface area (Å²) in [4.78, 5) is 37.5. The lowest BCUT2D eigenvalue weighted by Gasteiger charge is -2.28. The fourth-order valence-corrected chi connectivity index (χ4v) is 6.14. The third-order valence-electron chi connectivity index (χ3n) is 8.90. The average Bonchev–Trinajstić information content (AvgIpc) is 3.17. The van der Waals surface area contributed by atoms with E-state index in [1.807, 2.05) is 21.1 Å². The van der Waals surface area contributed by atoms with Gasteiger partial charge in [-0.15, -0.1) is 0 Å². The van der Waals surface area contributed by atoms with Gasteiger partial charge in [-0.05, 0) is 89.9 Å². The summed E-state index contributed by atoms with van der Waals surface area (Å²) in [5.41, 5.74) is 0. The Hall–Kier alpha value is -2.81. The van der Waals surface area contributed by atoms with Crippen LogP contribution in [0.3, 0.4) is 0 Å². The molecule has 0 spiro atoms. The predicted octanol–water partition coefficient (Wildman–Crippen LogP) is 12.2. The molecule has 0 N–H and O–H groups in total. The van der Waals surface area contributed by atoms with Gasteiger partial charge in [0.15, 0.2) is 6.10 Å². The number of quaternary nitrogens is 1. The van der Waals surface area contributed by atoms with E-state index in [9.17, 15) is 19.0 Å². The zero-order valence-corrected chi connectivity index (χ0v) is 38.1. The Labute approximate surface area is 354 Å². The van der Waals surface area contributed by atoms with E-state index in [0.717, 1.165) is 89.9 Å². The van der Waals surface area contributed by atoms with Crippen molar-refractivity contribution in [3.05, 3.63) is 85.1 Å².